The number of hydrogen-bond acceptors (Lipinski definition) is 4. The number of carbonyl (C=O) groups is 2. The van der Waals surface area contributed by atoms with Crippen molar-refractivity contribution in [1.82, 2.24) is 10.2 Å². The number of anilines is 2. The fourth-order valence-electron chi connectivity index (χ4n) is 1.73. The van der Waals surface area contributed by atoms with Gasteiger partial charge in [-0.1, -0.05) is 6.07 Å². The zero-order chi connectivity index (χ0) is 15.7. The van der Waals surface area contributed by atoms with Crippen molar-refractivity contribution in [3.05, 3.63) is 24.3 Å². The molecule has 0 unspecified atom stereocenters. The summed E-state index contributed by atoms with van der Waals surface area (Å²) in [4.78, 5) is 24.9. The SMILES string of the molecule is CC(=O)Nc1cccc(NC(=O)CCNCCN(C)C)c1. The molecule has 0 bridgehead atoms. The number of nitrogens with one attached hydrogen (secondary N) is 3. The number of benzene rings is 1. The number of nitrogens with zero attached hydrogens (tertiary/aromatic N) is 1. The highest BCUT2D eigenvalue weighted by Gasteiger charge is 2.03. The van der Waals surface area contributed by atoms with E-state index in [0.717, 1.165) is 13.1 Å². The average molecular weight is 292 g/mol. The van der Waals surface area contributed by atoms with E-state index in [-0.39, 0.29) is 11.8 Å². The average Bonchev–Trinajstić information content (AvgIpc) is 2.37. The van der Waals surface area contributed by atoms with Gasteiger partial charge in [0, 0.05) is 44.4 Å². The van der Waals surface area contributed by atoms with E-state index in [4.69, 9.17) is 0 Å². The summed E-state index contributed by atoms with van der Waals surface area (Å²) in [5, 5.41) is 8.71. The molecule has 0 aliphatic carbocycles. The first-order chi connectivity index (χ1) is 9.97. The molecule has 0 aliphatic rings. The Balaban J connectivity index is 2.32. The second-order valence-electron chi connectivity index (χ2n) is 5.11. The van der Waals surface area contributed by atoms with Crippen LogP contribution in [0.15, 0.2) is 24.3 Å². The van der Waals surface area contributed by atoms with Crippen molar-refractivity contribution < 1.29 is 9.59 Å². The summed E-state index contributed by atoms with van der Waals surface area (Å²) in [6.45, 7) is 3.90. The summed E-state index contributed by atoms with van der Waals surface area (Å²) < 4.78 is 0. The summed E-state index contributed by atoms with van der Waals surface area (Å²) in [6.07, 6.45) is 0.414. The highest BCUT2D eigenvalue weighted by molar-refractivity contribution is 5.93. The van der Waals surface area contributed by atoms with Crippen molar-refractivity contribution in [2.75, 3.05) is 44.4 Å². The molecule has 0 spiro atoms. The van der Waals surface area contributed by atoms with Crippen molar-refractivity contribution in [2.45, 2.75) is 13.3 Å². The second-order valence-corrected chi connectivity index (χ2v) is 5.11. The third-order valence-corrected chi connectivity index (χ3v) is 2.73. The van der Waals surface area contributed by atoms with E-state index in [2.05, 4.69) is 20.9 Å². The van der Waals surface area contributed by atoms with E-state index >= 15 is 0 Å². The molecule has 0 saturated heterocycles. The molecule has 0 aliphatic heterocycles. The predicted molar refractivity (Wildman–Crippen MR) is 85.4 cm³/mol. The Labute approximate surface area is 125 Å². The maximum absolute atomic E-state index is 11.8. The van der Waals surface area contributed by atoms with Crippen molar-refractivity contribution in [2.24, 2.45) is 0 Å². The largest absolute Gasteiger partial charge is 0.326 e. The van der Waals surface area contributed by atoms with Gasteiger partial charge < -0.3 is 20.9 Å². The molecule has 6 nitrogen and oxygen atoms in total. The first kappa shape index (κ1) is 17.1. The van der Waals surface area contributed by atoms with Gasteiger partial charge in [0.2, 0.25) is 11.8 Å². The minimum Gasteiger partial charge on any atom is -0.326 e. The van der Waals surface area contributed by atoms with E-state index in [1.807, 2.05) is 14.1 Å². The Morgan fingerprint density at radius 2 is 1.76 bits per heavy atom. The molecule has 116 valence electrons. The van der Waals surface area contributed by atoms with E-state index in [9.17, 15) is 9.59 Å². The zero-order valence-corrected chi connectivity index (χ0v) is 12.9. The molecule has 2 amide bonds. The van der Waals surface area contributed by atoms with Gasteiger partial charge >= 0.3 is 0 Å². The van der Waals surface area contributed by atoms with Crippen molar-refractivity contribution >= 4 is 23.2 Å². The van der Waals surface area contributed by atoms with Crippen LogP contribution in [0.1, 0.15) is 13.3 Å². The van der Waals surface area contributed by atoms with Crippen LogP contribution in [0, 0.1) is 0 Å². The highest BCUT2D eigenvalue weighted by atomic mass is 16.2. The molecule has 1 rings (SSSR count). The van der Waals surface area contributed by atoms with Crippen molar-refractivity contribution in [1.29, 1.82) is 0 Å². The Bertz CT molecular complexity index is 474. The van der Waals surface area contributed by atoms with Gasteiger partial charge in [-0.05, 0) is 32.3 Å². The van der Waals surface area contributed by atoms with Crippen LogP contribution < -0.4 is 16.0 Å². The third kappa shape index (κ3) is 8.06. The molecular weight excluding hydrogens is 268 g/mol. The summed E-state index contributed by atoms with van der Waals surface area (Å²) in [6, 6.07) is 7.09. The predicted octanol–water partition coefficient (Wildman–Crippen LogP) is 1.12. The first-order valence-electron chi connectivity index (χ1n) is 7.00. The van der Waals surface area contributed by atoms with Crippen molar-refractivity contribution in [3.8, 4) is 0 Å². The summed E-state index contributed by atoms with van der Waals surface area (Å²) in [5.74, 6) is -0.184. The van der Waals surface area contributed by atoms with Crippen LogP contribution in [0.5, 0.6) is 0 Å². The van der Waals surface area contributed by atoms with Gasteiger partial charge in [-0.2, -0.15) is 0 Å². The molecule has 0 heterocycles. The number of rotatable bonds is 8. The van der Waals surface area contributed by atoms with Crippen LogP contribution in [0.2, 0.25) is 0 Å². The van der Waals surface area contributed by atoms with Gasteiger partial charge in [-0.25, -0.2) is 0 Å². The third-order valence-electron chi connectivity index (χ3n) is 2.73. The van der Waals surface area contributed by atoms with Crippen LogP contribution in [-0.4, -0.2) is 50.4 Å². The normalized spacial score (nSPS) is 10.5. The zero-order valence-electron chi connectivity index (χ0n) is 12.9. The van der Waals surface area contributed by atoms with E-state index in [0.29, 0.717) is 24.3 Å². The van der Waals surface area contributed by atoms with Crippen LogP contribution in [0.3, 0.4) is 0 Å². The molecule has 6 heteroatoms. The molecule has 0 radical (unpaired) electrons. The van der Waals surface area contributed by atoms with Gasteiger partial charge in [0.1, 0.15) is 0 Å². The second kappa shape index (κ2) is 9.10. The van der Waals surface area contributed by atoms with Crippen LogP contribution in [0.4, 0.5) is 11.4 Å². The van der Waals surface area contributed by atoms with E-state index < -0.39 is 0 Å². The molecule has 21 heavy (non-hydrogen) atoms. The molecule has 1 aromatic carbocycles. The standard InChI is InChI=1S/C15H24N4O2/c1-12(20)17-13-5-4-6-14(11-13)18-15(21)7-8-16-9-10-19(2)3/h4-6,11,16H,7-10H2,1-3H3,(H,17,20)(H,18,21). The summed E-state index contributed by atoms with van der Waals surface area (Å²) in [7, 11) is 4.02. The monoisotopic (exact) mass is 292 g/mol. The molecule has 0 atom stereocenters. The number of amides is 2. The Kier molecular flexibility index (Phi) is 7.42. The molecular formula is C15H24N4O2. The van der Waals surface area contributed by atoms with Crippen LogP contribution >= 0.6 is 0 Å². The fraction of sp³-hybridized carbons (Fsp3) is 0.467. The van der Waals surface area contributed by atoms with Crippen LogP contribution in [-0.2, 0) is 9.59 Å². The smallest absolute Gasteiger partial charge is 0.225 e. The Morgan fingerprint density at radius 1 is 1.10 bits per heavy atom. The van der Waals surface area contributed by atoms with Gasteiger partial charge in [0.15, 0.2) is 0 Å². The maximum atomic E-state index is 11.8. The fourth-order valence-corrected chi connectivity index (χ4v) is 1.73. The lowest BCUT2D eigenvalue weighted by atomic mass is 10.2. The lowest BCUT2D eigenvalue weighted by molar-refractivity contribution is -0.116. The molecule has 0 fully saturated rings. The lowest BCUT2D eigenvalue weighted by Crippen LogP contribution is -2.29. The summed E-state index contributed by atoms with van der Waals surface area (Å²) >= 11 is 0. The first-order valence-corrected chi connectivity index (χ1v) is 7.00. The minimum atomic E-state index is -0.136. The Morgan fingerprint density at radius 3 is 2.38 bits per heavy atom. The minimum absolute atomic E-state index is 0.0488. The highest BCUT2D eigenvalue weighted by Crippen LogP contribution is 2.15. The van der Waals surface area contributed by atoms with E-state index in [1.54, 1.807) is 24.3 Å². The van der Waals surface area contributed by atoms with Gasteiger partial charge in [-0.3, -0.25) is 9.59 Å². The molecule has 1 aromatic rings. The van der Waals surface area contributed by atoms with Gasteiger partial charge in [0.05, 0.1) is 0 Å². The molecule has 0 saturated carbocycles. The van der Waals surface area contributed by atoms with Crippen molar-refractivity contribution in [3.63, 3.8) is 0 Å². The van der Waals surface area contributed by atoms with Gasteiger partial charge in [0.25, 0.3) is 0 Å². The lowest BCUT2D eigenvalue weighted by Gasteiger charge is -2.10. The molecule has 3 N–H and O–H groups in total. The molecule has 0 aromatic heterocycles. The van der Waals surface area contributed by atoms with Gasteiger partial charge in [-0.15, -0.1) is 0 Å². The van der Waals surface area contributed by atoms with E-state index in [1.165, 1.54) is 6.92 Å². The number of hydrogen-bond donors (Lipinski definition) is 3. The Hall–Kier alpha value is -1.92. The quantitative estimate of drug-likeness (QED) is 0.628. The van der Waals surface area contributed by atoms with Crippen LogP contribution in [0.25, 0.3) is 0 Å². The maximum Gasteiger partial charge on any atom is 0.225 e. The summed E-state index contributed by atoms with van der Waals surface area (Å²) in [5.41, 5.74) is 1.35. The topological polar surface area (TPSA) is 73.5 Å². The number of carbonyl (C=O) groups excluding carboxylic acids is 2. The number of likely N-dealkylation sites (N-methyl/N-ethyl adjacent to an activating group) is 1.